The first-order valence-electron chi connectivity index (χ1n) is 5.14. The van der Waals surface area contributed by atoms with Crippen molar-refractivity contribution in [2.45, 2.75) is 6.54 Å². The van der Waals surface area contributed by atoms with E-state index in [2.05, 4.69) is 22.0 Å². The Morgan fingerprint density at radius 2 is 2.24 bits per heavy atom. The van der Waals surface area contributed by atoms with E-state index in [1.165, 1.54) is 0 Å². The number of hydrogen-bond acceptors (Lipinski definition) is 3. The molecule has 3 nitrogen and oxygen atoms in total. The van der Waals surface area contributed by atoms with Crippen LogP contribution in [0.25, 0.3) is 0 Å². The largest absolute Gasteiger partial charge is 0.467 e. The summed E-state index contributed by atoms with van der Waals surface area (Å²) in [7, 11) is 1.94. The van der Waals surface area contributed by atoms with Crippen LogP contribution in [-0.2, 0) is 6.54 Å². The number of hydrogen-bond donors (Lipinski definition) is 0. The van der Waals surface area contributed by atoms with Crippen LogP contribution in [0.1, 0.15) is 11.3 Å². The monoisotopic (exact) mass is 290 g/mol. The SMILES string of the molecule is CN(Cc1ccco1)c1cc(Br)ccc1C#N. The van der Waals surface area contributed by atoms with Gasteiger partial charge in [0, 0.05) is 11.5 Å². The van der Waals surface area contributed by atoms with Crippen molar-refractivity contribution in [2.24, 2.45) is 0 Å². The second-order valence-corrected chi connectivity index (χ2v) is 4.62. The fourth-order valence-corrected chi connectivity index (χ4v) is 1.99. The van der Waals surface area contributed by atoms with Crippen molar-refractivity contribution in [1.82, 2.24) is 0 Å². The van der Waals surface area contributed by atoms with Gasteiger partial charge >= 0.3 is 0 Å². The lowest BCUT2D eigenvalue weighted by atomic mass is 10.2. The van der Waals surface area contributed by atoms with E-state index in [1.54, 1.807) is 12.3 Å². The van der Waals surface area contributed by atoms with Crippen LogP contribution in [0.4, 0.5) is 5.69 Å². The molecule has 0 bridgehead atoms. The Morgan fingerprint density at radius 3 is 2.88 bits per heavy atom. The maximum Gasteiger partial charge on any atom is 0.123 e. The lowest BCUT2D eigenvalue weighted by Gasteiger charge is -2.19. The molecule has 0 N–H and O–H groups in total. The van der Waals surface area contributed by atoms with E-state index in [0.29, 0.717) is 12.1 Å². The molecule has 0 aliphatic heterocycles. The van der Waals surface area contributed by atoms with Crippen molar-refractivity contribution >= 4 is 21.6 Å². The molecule has 1 aromatic heterocycles. The molecule has 1 aromatic carbocycles. The molecule has 0 fully saturated rings. The number of anilines is 1. The zero-order valence-electron chi connectivity index (χ0n) is 9.35. The van der Waals surface area contributed by atoms with E-state index in [9.17, 15) is 0 Å². The molecule has 0 aliphatic carbocycles. The predicted molar refractivity (Wildman–Crippen MR) is 69.7 cm³/mol. The molecule has 17 heavy (non-hydrogen) atoms. The molecule has 1 heterocycles. The fraction of sp³-hybridized carbons (Fsp3) is 0.154. The topological polar surface area (TPSA) is 40.2 Å². The minimum absolute atomic E-state index is 0.637. The van der Waals surface area contributed by atoms with E-state index < -0.39 is 0 Å². The van der Waals surface area contributed by atoms with Gasteiger partial charge in [0.25, 0.3) is 0 Å². The van der Waals surface area contributed by atoms with E-state index in [-0.39, 0.29) is 0 Å². The van der Waals surface area contributed by atoms with Gasteiger partial charge in [0.1, 0.15) is 11.8 Å². The molecule has 2 aromatic rings. The van der Waals surface area contributed by atoms with Gasteiger partial charge in [0.05, 0.1) is 24.1 Å². The molecular weight excluding hydrogens is 280 g/mol. The van der Waals surface area contributed by atoms with Crippen LogP contribution in [0.5, 0.6) is 0 Å². The van der Waals surface area contributed by atoms with E-state index in [1.807, 2.05) is 36.2 Å². The Morgan fingerprint density at radius 1 is 1.41 bits per heavy atom. The lowest BCUT2D eigenvalue weighted by Crippen LogP contribution is -2.17. The quantitative estimate of drug-likeness (QED) is 0.868. The van der Waals surface area contributed by atoms with Gasteiger partial charge in [-0.3, -0.25) is 0 Å². The molecule has 0 atom stereocenters. The Labute approximate surface area is 108 Å². The highest BCUT2D eigenvalue weighted by Gasteiger charge is 2.09. The van der Waals surface area contributed by atoms with Gasteiger partial charge in [-0.2, -0.15) is 5.26 Å². The maximum atomic E-state index is 9.07. The van der Waals surface area contributed by atoms with E-state index >= 15 is 0 Å². The van der Waals surface area contributed by atoms with Crippen LogP contribution in [0.2, 0.25) is 0 Å². The summed E-state index contributed by atoms with van der Waals surface area (Å²) in [4.78, 5) is 1.99. The normalized spacial score (nSPS) is 9.94. The summed E-state index contributed by atoms with van der Waals surface area (Å²) in [6.07, 6.45) is 1.65. The van der Waals surface area contributed by atoms with Gasteiger partial charge in [0.2, 0.25) is 0 Å². The number of furan rings is 1. The Hall–Kier alpha value is -1.73. The van der Waals surface area contributed by atoms with Crippen molar-refractivity contribution in [3.05, 3.63) is 52.4 Å². The highest BCUT2D eigenvalue weighted by molar-refractivity contribution is 9.10. The summed E-state index contributed by atoms with van der Waals surface area (Å²) in [5.41, 5.74) is 1.54. The number of nitrogens with zero attached hydrogens (tertiary/aromatic N) is 2. The Kier molecular flexibility index (Phi) is 3.50. The van der Waals surface area contributed by atoms with Crippen molar-refractivity contribution in [1.29, 1.82) is 5.26 Å². The first-order chi connectivity index (χ1) is 8.20. The Balaban J connectivity index is 2.27. The van der Waals surface area contributed by atoms with Gasteiger partial charge in [0.15, 0.2) is 0 Å². The van der Waals surface area contributed by atoms with Gasteiger partial charge in [-0.1, -0.05) is 15.9 Å². The van der Waals surface area contributed by atoms with Crippen molar-refractivity contribution < 1.29 is 4.42 Å². The van der Waals surface area contributed by atoms with Crippen LogP contribution < -0.4 is 4.90 Å². The molecule has 2 rings (SSSR count). The van der Waals surface area contributed by atoms with Gasteiger partial charge in [-0.05, 0) is 30.3 Å². The van der Waals surface area contributed by atoms with Crippen molar-refractivity contribution in [2.75, 3.05) is 11.9 Å². The maximum absolute atomic E-state index is 9.07. The smallest absolute Gasteiger partial charge is 0.123 e. The summed E-state index contributed by atoms with van der Waals surface area (Å²) in [6.45, 7) is 0.637. The fourth-order valence-electron chi connectivity index (χ4n) is 1.64. The number of benzene rings is 1. The highest BCUT2D eigenvalue weighted by Crippen LogP contribution is 2.25. The summed E-state index contributed by atoms with van der Waals surface area (Å²) < 4.78 is 6.25. The second kappa shape index (κ2) is 5.07. The number of halogens is 1. The molecule has 0 radical (unpaired) electrons. The average Bonchev–Trinajstić information content (AvgIpc) is 2.81. The van der Waals surface area contributed by atoms with E-state index in [4.69, 9.17) is 9.68 Å². The molecule has 0 saturated heterocycles. The third-order valence-corrected chi connectivity index (χ3v) is 2.96. The summed E-state index contributed by atoms with van der Waals surface area (Å²) in [5.74, 6) is 0.872. The summed E-state index contributed by atoms with van der Waals surface area (Å²) in [6, 6.07) is 11.6. The van der Waals surface area contributed by atoms with Crippen LogP contribution in [0.3, 0.4) is 0 Å². The number of rotatable bonds is 3. The van der Waals surface area contributed by atoms with Crippen LogP contribution in [0, 0.1) is 11.3 Å². The Bertz CT molecular complexity index is 543. The minimum atomic E-state index is 0.637. The second-order valence-electron chi connectivity index (χ2n) is 3.71. The molecule has 0 unspecified atom stereocenters. The zero-order chi connectivity index (χ0) is 12.3. The van der Waals surface area contributed by atoms with Gasteiger partial charge in [-0.15, -0.1) is 0 Å². The van der Waals surface area contributed by atoms with Crippen LogP contribution >= 0.6 is 15.9 Å². The molecule has 0 spiro atoms. The van der Waals surface area contributed by atoms with Gasteiger partial charge < -0.3 is 9.32 Å². The van der Waals surface area contributed by atoms with Crippen LogP contribution in [0.15, 0.2) is 45.5 Å². The molecule has 4 heteroatoms. The van der Waals surface area contributed by atoms with Crippen molar-refractivity contribution in [3.63, 3.8) is 0 Å². The van der Waals surface area contributed by atoms with Gasteiger partial charge in [-0.25, -0.2) is 0 Å². The third-order valence-electron chi connectivity index (χ3n) is 2.46. The standard InChI is InChI=1S/C13H11BrN2O/c1-16(9-12-3-2-6-17-12)13-7-11(14)5-4-10(13)8-15/h2-7H,9H2,1H3. The first-order valence-corrected chi connectivity index (χ1v) is 5.93. The summed E-state index contributed by atoms with van der Waals surface area (Å²) >= 11 is 3.41. The molecule has 0 amide bonds. The number of nitriles is 1. The van der Waals surface area contributed by atoms with Crippen molar-refractivity contribution in [3.8, 4) is 6.07 Å². The van der Waals surface area contributed by atoms with E-state index in [0.717, 1.165) is 15.9 Å². The molecule has 0 aliphatic rings. The van der Waals surface area contributed by atoms with Crippen LogP contribution in [-0.4, -0.2) is 7.05 Å². The lowest BCUT2D eigenvalue weighted by molar-refractivity contribution is 0.507. The summed E-state index contributed by atoms with van der Waals surface area (Å²) in [5, 5.41) is 9.07. The minimum Gasteiger partial charge on any atom is -0.467 e. The zero-order valence-corrected chi connectivity index (χ0v) is 10.9. The molecule has 0 saturated carbocycles. The molecular formula is C13H11BrN2O. The molecule has 86 valence electrons. The highest BCUT2D eigenvalue weighted by atomic mass is 79.9. The predicted octanol–water partition coefficient (Wildman–Crippen LogP) is 3.55. The first kappa shape index (κ1) is 11.7. The average molecular weight is 291 g/mol. The third kappa shape index (κ3) is 2.69.